The predicted octanol–water partition coefficient (Wildman–Crippen LogP) is 4.90. The van der Waals surface area contributed by atoms with Crippen molar-refractivity contribution in [3.05, 3.63) is 102 Å². The van der Waals surface area contributed by atoms with Crippen LogP contribution in [0, 0.1) is 5.92 Å². The van der Waals surface area contributed by atoms with Crippen molar-refractivity contribution in [1.29, 1.82) is 0 Å². The second-order valence-electron chi connectivity index (χ2n) is 8.63. The Morgan fingerprint density at radius 3 is 2.79 bits per heavy atom. The van der Waals surface area contributed by atoms with Gasteiger partial charge in [-0.3, -0.25) is 14.9 Å². The molecule has 168 valence electrons. The fourth-order valence-corrected chi connectivity index (χ4v) is 4.46. The molecule has 0 bridgehead atoms. The number of benzene rings is 2. The SMILES string of the molecule is c1ccc(COc2ccccc2CN2CCOCC(Cc3ccc4ncccc4c3)C2)nc1. The van der Waals surface area contributed by atoms with Gasteiger partial charge in [-0.05, 0) is 54.3 Å². The fourth-order valence-electron chi connectivity index (χ4n) is 4.46. The third-order valence-corrected chi connectivity index (χ3v) is 6.08. The lowest BCUT2D eigenvalue weighted by molar-refractivity contribution is 0.121. The van der Waals surface area contributed by atoms with Gasteiger partial charge in [0, 0.05) is 43.0 Å². The van der Waals surface area contributed by atoms with Crippen LogP contribution in [0.25, 0.3) is 10.9 Å². The zero-order valence-corrected chi connectivity index (χ0v) is 18.8. The molecule has 0 aliphatic carbocycles. The third kappa shape index (κ3) is 5.75. The first-order valence-electron chi connectivity index (χ1n) is 11.6. The van der Waals surface area contributed by atoms with E-state index in [2.05, 4.69) is 51.3 Å². The molecule has 2 aromatic heterocycles. The van der Waals surface area contributed by atoms with Crippen LogP contribution in [-0.4, -0.2) is 41.2 Å². The quantitative estimate of drug-likeness (QED) is 0.410. The molecule has 1 aliphatic heterocycles. The molecule has 5 nitrogen and oxygen atoms in total. The van der Waals surface area contributed by atoms with Crippen LogP contribution in [0.5, 0.6) is 5.75 Å². The van der Waals surface area contributed by atoms with Crippen LogP contribution in [0.1, 0.15) is 16.8 Å². The molecule has 1 atom stereocenters. The maximum atomic E-state index is 6.13. The Hall–Kier alpha value is -3.28. The van der Waals surface area contributed by atoms with Gasteiger partial charge in [0.25, 0.3) is 0 Å². The second-order valence-corrected chi connectivity index (χ2v) is 8.63. The smallest absolute Gasteiger partial charge is 0.130 e. The maximum absolute atomic E-state index is 6.13. The average molecular weight is 440 g/mol. The number of fused-ring (bicyclic) bond motifs is 1. The molecular formula is C28H29N3O2. The fraction of sp³-hybridized carbons (Fsp3) is 0.286. The molecule has 0 amide bonds. The molecule has 1 fully saturated rings. The Morgan fingerprint density at radius 1 is 0.939 bits per heavy atom. The van der Waals surface area contributed by atoms with E-state index >= 15 is 0 Å². The van der Waals surface area contributed by atoms with Gasteiger partial charge in [-0.25, -0.2) is 0 Å². The Morgan fingerprint density at radius 2 is 1.85 bits per heavy atom. The highest BCUT2D eigenvalue weighted by Gasteiger charge is 2.20. The minimum Gasteiger partial charge on any atom is -0.487 e. The van der Waals surface area contributed by atoms with E-state index in [1.807, 2.05) is 42.6 Å². The van der Waals surface area contributed by atoms with Gasteiger partial charge in [0.2, 0.25) is 0 Å². The molecule has 4 aromatic rings. The van der Waals surface area contributed by atoms with Crippen LogP contribution >= 0.6 is 0 Å². The van der Waals surface area contributed by atoms with Gasteiger partial charge < -0.3 is 9.47 Å². The van der Waals surface area contributed by atoms with E-state index in [1.165, 1.54) is 16.5 Å². The van der Waals surface area contributed by atoms with Crippen molar-refractivity contribution in [1.82, 2.24) is 14.9 Å². The van der Waals surface area contributed by atoms with E-state index in [0.29, 0.717) is 12.5 Å². The summed E-state index contributed by atoms with van der Waals surface area (Å²) < 4.78 is 12.1. The second kappa shape index (κ2) is 10.6. The normalized spacial score (nSPS) is 17.0. The van der Waals surface area contributed by atoms with Crippen LogP contribution in [0.15, 0.2) is 85.2 Å². The molecule has 33 heavy (non-hydrogen) atoms. The van der Waals surface area contributed by atoms with Gasteiger partial charge in [0.15, 0.2) is 0 Å². The number of pyridine rings is 2. The summed E-state index contributed by atoms with van der Waals surface area (Å²) in [5.74, 6) is 1.37. The molecule has 0 saturated carbocycles. The van der Waals surface area contributed by atoms with Gasteiger partial charge >= 0.3 is 0 Å². The first-order valence-corrected chi connectivity index (χ1v) is 11.6. The Balaban J connectivity index is 1.25. The van der Waals surface area contributed by atoms with Gasteiger partial charge in [0.1, 0.15) is 12.4 Å². The lowest BCUT2D eigenvalue weighted by Crippen LogP contribution is -2.30. The van der Waals surface area contributed by atoms with Gasteiger partial charge in [-0.15, -0.1) is 0 Å². The first kappa shape index (κ1) is 21.6. The summed E-state index contributed by atoms with van der Waals surface area (Å²) in [7, 11) is 0. The Bertz CT molecular complexity index is 1180. The average Bonchev–Trinajstić information content (AvgIpc) is 3.09. The largest absolute Gasteiger partial charge is 0.487 e. The molecule has 1 saturated heterocycles. The lowest BCUT2D eigenvalue weighted by atomic mass is 9.98. The predicted molar refractivity (Wildman–Crippen MR) is 130 cm³/mol. The highest BCUT2D eigenvalue weighted by Crippen LogP contribution is 2.23. The number of aromatic nitrogens is 2. The van der Waals surface area contributed by atoms with Crippen LogP contribution in [0.4, 0.5) is 0 Å². The highest BCUT2D eigenvalue weighted by atomic mass is 16.5. The number of rotatable bonds is 7. The highest BCUT2D eigenvalue weighted by molar-refractivity contribution is 5.78. The van der Waals surface area contributed by atoms with Crippen LogP contribution in [0.2, 0.25) is 0 Å². The van der Waals surface area contributed by atoms with E-state index < -0.39 is 0 Å². The maximum Gasteiger partial charge on any atom is 0.130 e. The summed E-state index contributed by atoms with van der Waals surface area (Å²) in [5.41, 5.74) is 4.51. The molecule has 5 rings (SSSR count). The van der Waals surface area contributed by atoms with Crippen LogP contribution < -0.4 is 4.74 Å². The molecular weight excluding hydrogens is 410 g/mol. The lowest BCUT2D eigenvalue weighted by Gasteiger charge is -2.24. The standard InChI is InChI=1S/C28H29N3O2/c1-2-9-28(33-21-26-8-3-4-12-29-26)25(6-1)19-31-14-15-32-20-23(18-31)16-22-10-11-27-24(17-22)7-5-13-30-27/h1-13,17,23H,14-16,18-21H2. The summed E-state index contributed by atoms with van der Waals surface area (Å²) in [6.07, 6.45) is 4.64. The Labute approximate surface area is 195 Å². The molecule has 0 spiro atoms. The number of nitrogens with zero attached hydrogens (tertiary/aromatic N) is 3. The number of para-hydroxylation sites is 1. The first-order chi connectivity index (χ1) is 16.3. The molecule has 0 radical (unpaired) electrons. The van der Waals surface area contributed by atoms with Gasteiger partial charge in [-0.1, -0.05) is 36.4 Å². The monoisotopic (exact) mass is 439 g/mol. The molecule has 3 heterocycles. The van der Waals surface area contributed by atoms with Crippen molar-refractivity contribution >= 4 is 10.9 Å². The van der Waals surface area contributed by atoms with E-state index in [9.17, 15) is 0 Å². The number of ether oxygens (including phenoxy) is 2. The summed E-state index contributed by atoms with van der Waals surface area (Å²) in [6, 6.07) is 24.9. The third-order valence-electron chi connectivity index (χ3n) is 6.08. The molecule has 2 aromatic carbocycles. The van der Waals surface area contributed by atoms with Crippen LogP contribution in [-0.2, 0) is 24.3 Å². The van der Waals surface area contributed by atoms with E-state index in [0.717, 1.165) is 56.2 Å². The summed E-state index contributed by atoms with van der Waals surface area (Å²) >= 11 is 0. The molecule has 1 unspecified atom stereocenters. The zero-order chi connectivity index (χ0) is 22.3. The summed E-state index contributed by atoms with van der Waals surface area (Å²) in [5, 5.41) is 1.19. The van der Waals surface area contributed by atoms with Crippen molar-refractivity contribution in [2.45, 2.75) is 19.6 Å². The number of hydrogen-bond acceptors (Lipinski definition) is 5. The number of hydrogen-bond donors (Lipinski definition) is 0. The van der Waals surface area contributed by atoms with Gasteiger partial charge in [0.05, 0.1) is 24.4 Å². The van der Waals surface area contributed by atoms with Crippen molar-refractivity contribution in [3.63, 3.8) is 0 Å². The summed E-state index contributed by atoms with van der Waals surface area (Å²) in [6.45, 7) is 4.79. The van der Waals surface area contributed by atoms with E-state index in [4.69, 9.17) is 9.47 Å². The van der Waals surface area contributed by atoms with Crippen molar-refractivity contribution in [2.75, 3.05) is 26.3 Å². The van der Waals surface area contributed by atoms with Gasteiger partial charge in [-0.2, -0.15) is 0 Å². The minimum atomic E-state index is 0.447. The van der Waals surface area contributed by atoms with E-state index in [-0.39, 0.29) is 0 Å². The van der Waals surface area contributed by atoms with E-state index in [1.54, 1.807) is 6.20 Å². The van der Waals surface area contributed by atoms with Crippen molar-refractivity contribution < 1.29 is 9.47 Å². The topological polar surface area (TPSA) is 47.5 Å². The summed E-state index contributed by atoms with van der Waals surface area (Å²) in [4.78, 5) is 11.3. The molecule has 0 N–H and O–H groups in total. The Kier molecular flexibility index (Phi) is 6.90. The molecule has 1 aliphatic rings. The zero-order valence-electron chi connectivity index (χ0n) is 18.8. The van der Waals surface area contributed by atoms with Crippen molar-refractivity contribution in [2.24, 2.45) is 5.92 Å². The van der Waals surface area contributed by atoms with Crippen LogP contribution in [0.3, 0.4) is 0 Å². The molecule has 5 heteroatoms. The minimum absolute atomic E-state index is 0.447. The van der Waals surface area contributed by atoms with Crippen molar-refractivity contribution in [3.8, 4) is 5.75 Å².